The summed E-state index contributed by atoms with van der Waals surface area (Å²) in [5.74, 6) is 1.35. The number of nitrogens with one attached hydrogen (secondary N) is 2. The van der Waals surface area contributed by atoms with Gasteiger partial charge in [0.1, 0.15) is 5.75 Å². The Bertz CT molecular complexity index is 756. The van der Waals surface area contributed by atoms with E-state index in [1.807, 2.05) is 24.3 Å². The third kappa shape index (κ3) is 6.40. The molecule has 1 amide bonds. The van der Waals surface area contributed by atoms with Crippen molar-refractivity contribution in [3.63, 3.8) is 0 Å². The number of rotatable bonds is 7. The molecular formula is C19H26N4O2S. The Kier molecular flexibility index (Phi) is 7.47. The fraction of sp³-hybridized carbons (Fsp3) is 0.368. The average Bonchev–Trinajstić information content (AvgIpc) is 3.05. The topological polar surface area (TPSA) is 66.0 Å². The van der Waals surface area contributed by atoms with E-state index in [1.54, 1.807) is 32.5 Å². The maximum absolute atomic E-state index is 11.6. The molecular weight excluding hydrogens is 348 g/mol. The van der Waals surface area contributed by atoms with Crippen LogP contribution in [-0.4, -0.2) is 44.5 Å². The second kappa shape index (κ2) is 9.82. The van der Waals surface area contributed by atoms with Gasteiger partial charge in [-0.05, 0) is 36.8 Å². The maximum atomic E-state index is 11.6. The summed E-state index contributed by atoms with van der Waals surface area (Å²) in [6.07, 6.45) is 0. The summed E-state index contributed by atoms with van der Waals surface area (Å²) >= 11 is 1.77. The van der Waals surface area contributed by atoms with E-state index in [1.165, 1.54) is 14.7 Å². The van der Waals surface area contributed by atoms with Gasteiger partial charge in [0.25, 0.3) is 5.91 Å². The summed E-state index contributed by atoms with van der Waals surface area (Å²) in [4.78, 5) is 19.9. The van der Waals surface area contributed by atoms with Crippen LogP contribution >= 0.6 is 11.3 Å². The first-order valence-electron chi connectivity index (χ1n) is 8.39. The smallest absolute Gasteiger partial charge is 0.259 e. The molecule has 0 aliphatic carbocycles. The molecule has 1 aromatic heterocycles. The van der Waals surface area contributed by atoms with E-state index >= 15 is 0 Å². The molecule has 0 unspecified atom stereocenters. The first kappa shape index (κ1) is 19.8. The first-order valence-corrected chi connectivity index (χ1v) is 9.21. The molecule has 0 saturated heterocycles. The van der Waals surface area contributed by atoms with Gasteiger partial charge in [-0.2, -0.15) is 0 Å². The van der Waals surface area contributed by atoms with Crippen molar-refractivity contribution in [2.45, 2.75) is 20.0 Å². The molecule has 7 heteroatoms. The molecule has 140 valence electrons. The van der Waals surface area contributed by atoms with Gasteiger partial charge in [0.15, 0.2) is 12.6 Å². The summed E-state index contributed by atoms with van der Waals surface area (Å²) in [6.45, 7) is 3.49. The molecule has 1 aromatic carbocycles. The standard InChI is InChI=1S/C19H26N4O2S/c1-14-8-9-17(26-14)12-22-19(20-2)21-11-15-6-5-7-16(10-15)25-13-18(24)23(3)4/h5-10H,11-13H2,1-4H3,(H2,20,21,22). The van der Waals surface area contributed by atoms with Crippen molar-refractivity contribution >= 4 is 23.2 Å². The lowest BCUT2D eigenvalue weighted by atomic mass is 10.2. The monoisotopic (exact) mass is 374 g/mol. The number of carbonyl (C=O) groups is 1. The van der Waals surface area contributed by atoms with Gasteiger partial charge in [-0.3, -0.25) is 9.79 Å². The molecule has 0 aliphatic heterocycles. The lowest BCUT2D eigenvalue weighted by molar-refractivity contribution is -0.130. The Morgan fingerprint density at radius 1 is 1.19 bits per heavy atom. The van der Waals surface area contributed by atoms with Crippen LogP contribution in [0, 0.1) is 6.92 Å². The van der Waals surface area contributed by atoms with E-state index < -0.39 is 0 Å². The SMILES string of the molecule is CN=C(NCc1cccc(OCC(=O)N(C)C)c1)NCc1ccc(C)s1. The number of carbonyl (C=O) groups excluding carboxylic acids is 1. The van der Waals surface area contributed by atoms with Crippen molar-refractivity contribution in [3.8, 4) is 5.75 Å². The van der Waals surface area contributed by atoms with Crippen molar-refractivity contribution < 1.29 is 9.53 Å². The Morgan fingerprint density at radius 3 is 2.62 bits per heavy atom. The number of hydrogen-bond acceptors (Lipinski definition) is 4. The van der Waals surface area contributed by atoms with Crippen LogP contribution in [0.3, 0.4) is 0 Å². The molecule has 0 aliphatic rings. The predicted octanol–water partition coefficient (Wildman–Crippen LogP) is 2.39. The number of aliphatic imine (C=N–C) groups is 1. The van der Waals surface area contributed by atoms with Gasteiger partial charge in [-0.15, -0.1) is 11.3 Å². The molecule has 0 fully saturated rings. The number of ether oxygens (including phenoxy) is 1. The molecule has 0 radical (unpaired) electrons. The molecule has 0 bridgehead atoms. The average molecular weight is 375 g/mol. The van der Waals surface area contributed by atoms with Crippen molar-refractivity contribution in [3.05, 3.63) is 51.7 Å². The summed E-state index contributed by atoms with van der Waals surface area (Å²) in [6, 6.07) is 11.9. The quantitative estimate of drug-likeness (QED) is 0.577. The van der Waals surface area contributed by atoms with Gasteiger partial charge in [0.2, 0.25) is 0 Å². The van der Waals surface area contributed by atoms with E-state index in [4.69, 9.17) is 4.74 Å². The number of amides is 1. The van der Waals surface area contributed by atoms with Crippen LogP contribution < -0.4 is 15.4 Å². The van der Waals surface area contributed by atoms with Crippen LogP contribution in [0.15, 0.2) is 41.4 Å². The Hall–Kier alpha value is -2.54. The summed E-state index contributed by atoms with van der Waals surface area (Å²) in [5.41, 5.74) is 1.05. The third-order valence-electron chi connectivity index (χ3n) is 3.67. The highest BCUT2D eigenvalue weighted by atomic mass is 32.1. The number of hydrogen-bond donors (Lipinski definition) is 2. The number of guanidine groups is 1. The van der Waals surface area contributed by atoms with Gasteiger partial charge >= 0.3 is 0 Å². The summed E-state index contributed by atoms with van der Waals surface area (Å²) < 4.78 is 5.55. The zero-order valence-electron chi connectivity index (χ0n) is 15.7. The Morgan fingerprint density at radius 2 is 1.96 bits per heavy atom. The van der Waals surface area contributed by atoms with Crippen molar-refractivity contribution in [2.24, 2.45) is 4.99 Å². The fourth-order valence-electron chi connectivity index (χ4n) is 2.18. The van der Waals surface area contributed by atoms with Crippen molar-refractivity contribution in [2.75, 3.05) is 27.7 Å². The molecule has 0 spiro atoms. The highest BCUT2D eigenvalue weighted by Crippen LogP contribution is 2.15. The van der Waals surface area contributed by atoms with E-state index in [2.05, 4.69) is 34.7 Å². The summed E-state index contributed by atoms with van der Waals surface area (Å²) in [7, 11) is 5.17. The number of likely N-dealkylation sites (N-methyl/N-ethyl adjacent to an activating group) is 1. The minimum Gasteiger partial charge on any atom is -0.484 e. The van der Waals surface area contributed by atoms with Gasteiger partial charge in [-0.1, -0.05) is 12.1 Å². The number of benzene rings is 1. The number of nitrogens with zero attached hydrogens (tertiary/aromatic N) is 2. The molecule has 6 nitrogen and oxygen atoms in total. The van der Waals surface area contributed by atoms with E-state index in [9.17, 15) is 4.79 Å². The third-order valence-corrected chi connectivity index (χ3v) is 4.67. The lowest BCUT2D eigenvalue weighted by Crippen LogP contribution is -2.36. The van der Waals surface area contributed by atoms with Gasteiger partial charge < -0.3 is 20.3 Å². The van der Waals surface area contributed by atoms with Crippen LogP contribution in [0.5, 0.6) is 5.75 Å². The normalized spacial score (nSPS) is 11.2. The lowest BCUT2D eigenvalue weighted by Gasteiger charge is -2.13. The maximum Gasteiger partial charge on any atom is 0.259 e. The molecule has 2 aromatic rings. The molecule has 26 heavy (non-hydrogen) atoms. The zero-order chi connectivity index (χ0) is 18.9. The van der Waals surface area contributed by atoms with Crippen LogP contribution in [0.1, 0.15) is 15.3 Å². The Labute approximate surface area is 158 Å². The second-order valence-corrected chi connectivity index (χ2v) is 7.39. The highest BCUT2D eigenvalue weighted by Gasteiger charge is 2.06. The van der Waals surface area contributed by atoms with Crippen LogP contribution in [0.4, 0.5) is 0 Å². The van der Waals surface area contributed by atoms with Crippen molar-refractivity contribution in [1.82, 2.24) is 15.5 Å². The molecule has 1 heterocycles. The number of thiophene rings is 1. The first-order chi connectivity index (χ1) is 12.5. The minimum atomic E-state index is -0.0676. The number of aryl methyl sites for hydroxylation is 1. The second-order valence-electron chi connectivity index (χ2n) is 6.02. The predicted molar refractivity (Wildman–Crippen MR) is 107 cm³/mol. The largest absolute Gasteiger partial charge is 0.484 e. The van der Waals surface area contributed by atoms with Crippen LogP contribution in [-0.2, 0) is 17.9 Å². The van der Waals surface area contributed by atoms with E-state index in [0.717, 1.165) is 18.1 Å². The van der Waals surface area contributed by atoms with Crippen molar-refractivity contribution in [1.29, 1.82) is 0 Å². The molecule has 0 saturated carbocycles. The summed E-state index contributed by atoms with van der Waals surface area (Å²) in [5, 5.41) is 6.59. The van der Waals surface area contributed by atoms with Crippen LogP contribution in [0.2, 0.25) is 0 Å². The van der Waals surface area contributed by atoms with Gasteiger partial charge in [-0.25, -0.2) is 0 Å². The van der Waals surface area contributed by atoms with Crippen LogP contribution in [0.25, 0.3) is 0 Å². The fourth-order valence-corrected chi connectivity index (χ4v) is 3.01. The molecule has 2 N–H and O–H groups in total. The zero-order valence-corrected chi connectivity index (χ0v) is 16.5. The van der Waals surface area contributed by atoms with Gasteiger partial charge in [0.05, 0.1) is 6.54 Å². The highest BCUT2D eigenvalue weighted by molar-refractivity contribution is 7.11. The Balaban J connectivity index is 1.83. The van der Waals surface area contributed by atoms with Gasteiger partial charge in [0, 0.05) is 37.4 Å². The minimum absolute atomic E-state index is 0.0351. The molecule has 2 rings (SSSR count). The van der Waals surface area contributed by atoms with E-state index in [-0.39, 0.29) is 12.5 Å². The molecule has 0 atom stereocenters. The van der Waals surface area contributed by atoms with E-state index in [0.29, 0.717) is 12.3 Å².